The molecule has 324 valence electrons. The quantitative estimate of drug-likeness (QED) is 0.0340. The second kappa shape index (κ2) is 24.9. The van der Waals surface area contributed by atoms with E-state index in [1.54, 1.807) is 0 Å². The van der Waals surface area contributed by atoms with Crippen LogP contribution in [-0.2, 0) is 22.1 Å². The molecule has 2 aliphatic rings. The second-order valence-corrected chi connectivity index (χ2v) is 23.2. The Morgan fingerprint density at radius 3 is 1.67 bits per heavy atom. The Morgan fingerprint density at radius 1 is 0.617 bits per heavy atom. The molecular formula is C54H77N3O2Si. The number of nitrogens with zero attached hydrogens (tertiary/aromatic N) is 3. The number of hydroxylamine groups is 2. The van der Waals surface area contributed by atoms with Crippen LogP contribution in [0.5, 0.6) is 0 Å². The van der Waals surface area contributed by atoms with E-state index in [0.29, 0.717) is 18.1 Å². The Hall–Kier alpha value is -3.42. The fourth-order valence-electron chi connectivity index (χ4n) is 10.1. The molecule has 4 atom stereocenters. The van der Waals surface area contributed by atoms with Crippen molar-refractivity contribution in [3.8, 4) is 0 Å². The molecule has 2 aromatic carbocycles. The van der Waals surface area contributed by atoms with Gasteiger partial charge in [-0.15, -0.1) is 0 Å². The van der Waals surface area contributed by atoms with Crippen LogP contribution in [0.25, 0.3) is 0 Å². The van der Waals surface area contributed by atoms with E-state index in [4.69, 9.17) is 9.26 Å². The van der Waals surface area contributed by atoms with Crippen LogP contribution in [0.3, 0.4) is 0 Å². The predicted molar refractivity (Wildman–Crippen MR) is 254 cm³/mol. The molecule has 6 rings (SSSR count). The molecule has 0 unspecified atom stereocenters. The van der Waals surface area contributed by atoms with Crippen molar-refractivity contribution in [2.45, 2.75) is 179 Å². The second-order valence-electron chi connectivity index (χ2n) is 18.9. The number of aryl methyl sites for hydroxylation is 2. The standard InChI is InChI=1S/C54H77N3O2Si/c1-54(2,3)60(49-34-22-18-23-35-49,50-36-24-19-25-37-50)59-48-42-51-52(43-48)57(58-53(51)38-26-16-12-11-15-21-31-47-33-29-40-56-45-47)41-27-17-13-9-7-5-4-6-8-10-14-20-30-46-32-28-39-55-44-46/h5,7,18-19,22-25,28-29,32-37,39-40,44-45,48,51-53H,4,6,8-17,20-21,26-27,30-31,38,41-43H2,1-3H3/b7-5-/t48-,51-,52+,53-/m0/s1. The summed E-state index contributed by atoms with van der Waals surface area (Å²) >= 11 is 0. The average Bonchev–Trinajstić information content (AvgIpc) is 3.83. The van der Waals surface area contributed by atoms with E-state index in [1.807, 2.05) is 30.9 Å². The summed E-state index contributed by atoms with van der Waals surface area (Å²) in [5.41, 5.74) is 2.73. The summed E-state index contributed by atoms with van der Waals surface area (Å²) in [5.74, 6) is 0.539. The number of aromatic nitrogens is 2. The zero-order valence-corrected chi connectivity index (χ0v) is 38.6. The minimum atomic E-state index is -2.62. The topological polar surface area (TPSA) is 47.5 Å². The van der Waals surface area contributed by atoms with Crippen LogP contribution in [0.2, 0.25) is 5.04 Å². The molecular weight excluding hydrogens is 751 g/mol. The van der Waals surface area contributed by atoms with E-state index in [1.165, 1.54) is 124 Å². The van der Waals surface area contributed by atoms with Gasteiger partial charge in [-0.3, -0.25) is 14.8 Å². The maximum absolute atomic E-state index is 7.76. The molecule has 0 amide bonds. The SMILES string of the molecule is CC(C)(C)[Si](O[C@H]1C[C@@H]2[C@H](CCCCCCCCc3cccnc3)ON(CCCCC/C=C\CCCCCCCc3cccnc3)[C@@H]2C1)(c1ccccc1)c1ccccc1. The van der Waals surface area contributed by atoms with Gasteiger partial charge in [-0.2, -0.15) is 5.06 Å². The molecule has 0 N–H and O–H groups in total. The van der Waals surface area contributed by atoms with Crippen molar-refractivity contribution in [3.05, 3.63) is 133 Å². The van der Waals surface area contributed by atoms with Gasteiger partial charge in [0.15, 0.2) is 0 Å². The number of hydrogen-bond donors (Lipinski definition) is 0. The van der Waals surface area contributed by atoms with Gasteiger partial charge in [0.2, 0.25) is 0 Å². The molecule has 1 aliphatic heterocycles. The maximum atomic E-state index is 7.76. The van der Waals surface area contributed by atoms with Gasteiger partial charge in [0.05, 0.1) is 6.10 Å². The summed E-state index contributed by atoms with van der Waals surface area (Å²) in [4.78, 5) is 15.4. The van der Waals surface area contributed by atoms with Crippen LogP contribution in [0.1, 0.15) is 154 Å². The fourth-order valence-corrected chi connectivity index (χ4v) is 14.8. The van der Waals surface area contributed by atoms with Crippen LogP contribution in [0, 0.1) is 5.92 Å². The zero-order chi connectivity index (χ0) is 41.7. The van der Waals surface area contributed by atoms with Crippen LogP contribution in [0.4, 0.5) is 0 Å². The molecule has 60 heavy (non-hydrogen) atoms. The number of unbranched alkanes of at least 4 members (excludes halogenated alkanes) is 13. The van der Waals surface area contributed by atoms with E-state index in [0.717, 1.165) is 38.6 Å². The first kappa shape index (κ1) is 46.1. The number of benzene rings is 2. The van der Waals surface area contributed by atoms with Gasteiger partial charge >= 0.3 is 0 Å². The lowest BCUT2D eigenvalue weighted by atomic mass is 9.93. The summed E-state index contributed by atoms with van der Waals surface area (Å²) < 4.78 is 7.76. The Morgan fingerprint density at radius 2 is 1.13 bits per heavy atom. The summed E-state index contributed by atoms with van der Waals surface area (Å²) in [6.07, 6.45) is 39.3. The molecule has 0 bridgehead atoms. The van der Waals surface area contributed by atoms with Gasteiger partial charge in [0, 0.05) is 49.4 Å². The number of allylic oxidation sites excluding steroid dienone is 2. The highest BCUT2D eigenvalue weighted by Gasteiger charge is 2.55. The van der Waals surface area contributed by atoms with Crippen LogP contribution in [-0.4, -0.2) is 48.1 Å². The van der Waals surface area contributed by atoms with Gasteiger partial charge in [-0.25, -0.2) is 0 Å². The summed E-state index contributed by atoms with van der Waals surface area (Å²) in [6, 6.07) is 31.4. The van der Waals surface area contributed by atoms with E-state index in [9.17, 15) is 0 Å². The minimum Gasteiger partial charge on any atom is -0.404 e. The molecule has 0 radical (unpaired) electrons. The lowest BCUT2D eigenvalue weighted by molar-refractivity contribution is -0.170. The van der Waals surface area contributed by atoms with Gasteiger partial charge in [0.25, 0.3) is 8.32 Å². The Bertz CT molecular complexity index is 1710. The van der Waals surface area contributed by atoms with E-state index in [-0.39, 0.29) is 11.1 Å². The van der Waals surface area contributed by atoms with Gasteiger partial charge in [-0.1, -0.05) is 164 Å². The lowest BCUT2D eigenvalue weighted by Crippen LogP contribution is -2.67. The molecule has 1 saturated carbocycles. The fraction of sp³-hybridized carbons (Fsp3) is 0.556. The molecule has 2 fully saturated rings. The third kappa shape index (κ3) is 13.8. The van der Waals surface area contributed by atoms with Crippen molar-refractivity contribution < 1.29 is 9.26 Å². The summed E-state index contributed by atoms with van der Waals surface area (Å²) in [5, 5.41) is 5.19. The molecule has 3 heterocycles. The number of rotatable bonds is 27. The highest BCUT2D eigenvalue weighted by atomic mass is 28.4. The number of hydrogen-bond acceptors (Lipinski definition) is 5. The predicted octanol–water partition coefficient (Wildman–Crippen LogP) is 12.8. The first-order valence-corrected chi connectivity index (χ1v) is 26.0. The van der Waals surface area contributed by atoms with Gasteiger partial charge in [-0.05, 0) is 116 Å². The van der Waals surface area contributed by atoms with E-state index in [2.05, 4.69) is 127 Å². The molecule has 1 aliphatic carbocycles. The minimum absolute atomic E-state index is 0.0175. The smallest absolute Gasteiger partial charge is 0.261 e. The largest absolute Gasteiger partial charge is 0.404 e. The third-order valence-electron chi connectivity index (χ3n) is 13.3. The van der Waals surface area contributed by atoms with Gasteiger partial charge < -0.3 is 4.43 Å². The summed E-state index contributed by atoms with van der Waals surface area (Å²) in [7, 11) is -2.62. The Labute approximate surface area is 365 Å². The highest BCUT2D eigenvalue weighted by Crippen LogP contribution is 2.46. The first-order chi connectivity index (χ1) is 29.4. The zero-order valence-electron chi connectivity index (χ0n) is 37.6. The molecule has 0 spiro atoms. The van der Waals surface area contributed by atoms with Crippen molar-refractivity contribution in [3.63, 3.8) is 0 Å². The number of pyridine rings is 2. The Balaban J connectivity index is 0.969. The number of fused-ring (bicyclic) bond motifs is 1. The average molecular weight is 828 g/mol. The van der Waals surface area contributed by atoms with Crippen molar-refractivity contribution >= 4 is 18.7 Å². The van der Waals surface area contributed by atoms with E-state index >= 15 is 0 Å². The third-order valence-corrected chi connectivity index (χ3v) is 18.4. The highest BCUT2D eigenvalue weighted by molar-refractivity contribution is 6.99. The van der Waals surface area contributed by atoms with Crippen molar-refractivity contribution in [1.29, 1.82) is 0 Å². The van der Waals surface area contributed by atoms with Gasteiger partial charge in [0.1, 0.15) is 0 Å². The van der Waals surface area contributed by atoms with Crippen molar-refractivity contribution in [1.82, 2.24) is 15.0 Å². The van der Waals surface area contributed by atoms with Crippen molar-refractivity contribution in [2.24, 2.45) is 5.92 Å². The van der Waals surface area contributed by atoms with Crippen LogP contribution >= 0.6 is 0 Å². The monoisotopic (exact) mass is 828 g/mol. The molecule has 4 aromatic rings. The molecule has 1 saturated heterocycles. The first-order valence-electron chi connectivity index (χ1n) is 24.1. The summed E-state index contributed by atoms with van der Waals surface area (Å²) in [6.45, 7) is 8.27. The lowest BCUT2D eigenvalue weighted by Gasteiger charge is -2.45. The van der Waals surface area contributed by atoms with Crippen LogP contribution < -0.4 is 10.4 Å². The molecule has 2 aromatic heterocycles. The molecule has 5 nitrogen and oxygen atoms in total. The van der Waals surface area contributed by atoms with Crippen LogP contribution in [0.15, 0.2) is 122 Å². The Kier molecular flexibility index (Phi) is 19.1. The van der Waals surface area contributed by atoms with E-state index < -0.39 is 8.32 Å². The maximum Gasteiger partial charge on any atom is 0.261 e. The van der Waals surface area contributed by atoms with Crippen molar-refractivity contribution in [2.75, 3.05) is 6.54 Å². The molecule has 6 heteroatoms. The normalized spacial score (nSPS) is 19.6.